The van der Waals surface area contributed by atoms with Crippen molar-refractivity contribution in [1.29, 1.82) is 0 Å². The SMILES string of the molecule is NC(=O)C1OC1C(F)(F)F. The van der Waals surface area contributed by atoms with Crippen molar-refractivity contribution in [1.82, 2.24) is 0 Å². The summed E-state index contributed by atoms with van der Waals surface area (Å²) in [7, 11) is 0. The Morgan fingerprint density at radius 3 is 2.10 bits per heavy atom. The first-order valence-electron chi connectivity index (χ1n) is 2.44. The van der Waals surface area contributed by atoms with E-state index in [1.807, 2.05) is 0 Å². The first kappa shape index (κ1) is 7.33. The lowest BCUT2D eigenvalue weighted by atomic mass is 10.3. The van der Waals surface area contributed by atoms with Crippen molar-refractivity contribution in [3.63, 3.8) is 0 Å². The number of primary amides is 1. The molecule has 2 atom stereocenters. The van der Waals surface area contributed by atoms with E-state index in [4.69, 9.17) is 0 Å². The number of nitrogens with two attached hydrogens (primary N) is 1. The van der Waals surface area contributed by atoms with Gasteiger partial charge in [-0.25, -0.2) is 0 Å². The van der Waals surface area contributed by atoms with E-state index in [9.17, 15) is 18.0 Å². The molecule has 1 heterocycles. The fourth-order valence-electron chi connectivity index (χ4n) is 0.578. The summed E-state index contributed by atoms with van der Waals surface area (Å²) in [4.78, 5) is 10.0. The number of rotatable bonds is 1. The Labute approximate surface area is 53.9 Å². The third kappa shape index (κ3) is 1.21. The highest BCUT2D eigenvalue weighted by Crippen LogP contribution is 2.37. The van der Waals surface area contributed by atoms with Crippen molar-refractivity contribution in [2.45, 2.75) is 18.4 Å². The van der Waals surface area contributed by atoms with Gasteiger partial charge in [-0.1, -0.05) is 0 Å². The molecule has 0 spiro atoms. The van der Waals surface area contributed by atoms with Gasteiger partial charge in [0.1, 0.15) is 0 Å². The van der Waals surface area contributed by atoms with Crippen LogP contribution >= 0.6 is 0 Å². The molecule has 0 saturated carbocycles. The maximum atomic E-state index is 11.5. The summed E-state index contributed by atoms with van der Waals surface area (Å²) in [6, 6.07) is 0. The molecule has 1 fully saturated rings. The number of carbonyl (C=O) groups is 1. The standard InChI is InChI=1S/C4H4F3NO2/c5-4(6,7)2-1(10-2)3(8)9/h1-2H,(H2,8,9). The molecule has 6 heteroatoms. The fourth-order valence-corrected chi connectivity index (χ4v) is 0.578. The Hall–Kier alpha value is -0.780. The smallest absolute Gasteiger partial charge is 0.367 e. The number of carbonyl (C=O) groups excluding carboxylic acids is 1. The number of halogens is 3. The monoisotopic (exact) mass is 155 g/mol. The first-order valence-corrected chi connectivity index (χ1v) is 2.44. The van der Waals surface area contributed by atoms with Gasteiger partial charge in [-0.05, 0) is 0 Å². The maximum absolute atomic E-state index is 11.5. The average molecular weight is 155 g/mol. The molecule has 0 radical (unpaired) electrons. The Bertz CT molecular complexity index is 166. The zero-order chi connectivity index (χ0) is 7.94. The van der Waals surface area contributed by atoms with Gasteiger partial charge in [-0.15, -0.1) is 0 Å². The lowest BCUT2D eigenvalue weighted by Gasteiger charge is -1.98. The minimum atomic E-state index is -4.46. The molecule has 0 aliphatic carbocycles. The third-order valence-electron chi connectivity index (χ3n) is 1.09. The Morgan fingerprint density at radius 1 is 1.50 bits per heavy atom. The highest BCUT2D eigenvalue weighted by atomic mass is 19.4. The molecule has 1 aliphatic heterocycles. The van der Waals surface area contributed by atoms with E-state index in [1.54, 1.807) is 0 Å². The van der Waals surface area contributed by atoms with Gasteiger partial charge < -0.3 is 10.5 Å². The van der Waals surface area contributed by atoms with E-state index in [1.165, 1.54) is 0 Å². The van der Waals surface area contributed by atoms with E-state index in [0.29, 0.717) is 0 Å². The van der Waals surface area contributed by atoms with Crippen LogP contribution < -0.4 is 5.73 Å². The second kappa shape index (κ2) is 1.85. The minimum absolute atomic E-state index is 1.07. The predicted octanol–water partition coefficient (Wildman–Crippen LogP) is -0.199. The van der Waals surface area contributed by atoms with Crippen LogP contribution in [-0.4, -0.2) is 24.3 Å². The fraction of sp³-hybridized carbons (Fsp3) is 0.750. The van der Waals surface area contributed by atoms with E-state index in [2.05, 4.69) is 10.5 Å². The molecule has 0 aromatic carbocycles. The minimum Gasteiger partial charge on any atom is -0.367 e. The molecule has 10 heavy (non-hydrogen) atoms. The number of amides is 1. The van der Waals surface area contributed by atoms with Crippen LogP contribution in [0.25, 0.3) is 0 Å². The molecule has 58 valence electrons. The Balaban J connectivity index is 2.46. The highest BCUT2D eigenvalue weighted by molar-refractivity contribution is 5.82. The van der Waals surface area contributed by atoms with Gasteiger partial charge in [0, 0.05) is 0 Å². The van der Waals surface area contributed by atoms with Crippen LogP contribution in [0.5, 0.6) is 0 Å². The molecule has 0 bridgehead atoms. The number of ether oxygens (including phenoxy) is 1. The summed E-state index contributed by atoms with van der Waals surface area (Å²) >= 11 is 0. The number of hydrogen-bond donors (Lipinski definition) is 1. The molecule has 3 nitrogen and oxygen atoms in total. The topological polar surface area (TPSA) is 55.6 Å². The molecule has 2 unspecified atom stereocenters. The highest BCUT2D eigenvalue weighted by Gasteiger charge is 2.60. The van der Waals surface area contributed by atoms with Crippen molar-refractivity contribution in [3.8, 4) is 0 Å². The van der Waals surface area contributed by atoms with Gasteiger partial charge in [0.05, 0.1) is 0 Å². The van der Waals surface area contributed by atoms with E-state index in [0.717, 1.165) is 0 Å². The zero-order valence-electron chi connectivity index (χ0n) is 4.68. The van der Waals surface area contributed by atoms with Crippen molar-refractivity contribution >= 4 is 5.91 Å². The molecule has 1 rings (SSSR count). The van der Waals surface area contributed by atoms with Crippen molar-refractivity contribution < 1.29 is 22.7 Å². The van der Waals surface area contributed by atoms with Gasteiger partial charge in [-0.2, -0.15) is 13.2 Å². The van der Waals surface area contributed by atoms with Crippen LogP contribution in [0.15, 0.2) is 0 Å². The molecule has 1 amide bonds. The molecule has 0 aromatic heterocycles. The molecule has 1 saturated heterocycles. The van der Waals surface area contributed by atoms with Crippen LogP contribution in [0.4, 0.5) is 13.2 Å². The lowest BCUT2D eigenvalue weighted by Crippen LogP contribution is -2.26. The van der Waals surface area contributed by atoms with Crippen LogP contribution in [0.2, 0.25) is 0 Å². The number of alkyl halides is 3. The number of epoxide rings is 1. The maximum Gasteiger partial charge on any atom is 0.417 e. The third-order valence-corrected chi connectivity index (χ3v) is 1.09. The van der Waals surface area contributed by atoms with Crippen LogP contribution in [0, 0.1) is 0 Å². The Morgan fingerprint density at radius 2 is 2.00 bits per heavy atom. The second-order valence-electron chi connectivity index (χ2n) is 1.92. The molecule has 1 aliphatic rings. The number of hydrogen-bond acceptors (Lipinski definition) is 2. The largest absolute Gasteiger partial charge is 0.417 e. The molecule has 2 N–H and O–H groups in total. The summed E-state index contributed by atoms with van der Waals surface area (Å²) in [5, 5.41) is 0. The van der Waals surface area contributed by atoms with Crippen molar-refractivity contribution in [3.05, 3.63) is 0 Å². The molecular formula is C4H4F3NO2. The predicted molar refractivity (Wildman–Crippen MR) is 23.9 cm³/mol. The van der Waals surface area contributed by atoms with E-state index in [-0.39, 0.29) is 0 Å². The van der Waals surface area contributed by atoms with Gasteiger partial charge >= 0.3 is 6.18 Å². The first-order chi connectivity index (χ1) is 4.43. The van der Waals surface area contributed by atoms with Gasteiger partial charge in [-0.3, -0.25) is 4.79 Å². The summed E-state index contributed by atoms with van der Waals surface area (Å²) in [5.41, 5.74) is 4.52. The average Bonchev–Trinajstić information content (AvgIpc) is 2.35. The lowest BCUT2D eigenvalue weighted by molar-refractivity contribution is -0.147. The van der Waals surface area contributed by atoms with Gasteiger partial charge in [0.2, 0.25) is 5.91 Å². The molecular weight excluding hydrogens is 151 g/mol. The summed E-state index contributed by atoms with van der Waals surface area (Å²) in [6.07, 6.45) is -7.88. The second-order valence-corrected chi connectivity index (χ2v) is 1.92. The van der Waals surface area contributed by atoms with Crippen LogP contribution in [0.3, 0.4) is 0 Å². The van der Waals surface area contributed by atoms with E-state index < -0.39 is 24.3 Å². The summed E-state index contributed by atoms with van der Waals surface area (Å²) in [6.45, 7) is 0. The quantitative estimate of drug-likeness (QED) is 0.533. The molecule has 0 aromatic rings. The zero-order valence-corrected chi connectivity index (χ0v) is 4.68. The van der Waals surface area contributed by atoms with Gasteiger partial charge in [0.15, 0.2) is 12.2 Å². The summed E-state index contributed by atoms with van der Waals surface area (Å²) < 4.78 is 38.5. The normalized spacial score (nSPS) is 31.9. The van der Waals surface area contributed by atoms with Crippen LogP contribution in [0.1, 0.15) is 0 Å². The summed E-state index contributed by atoms with van der Waals surface area (Å²) in [5.74, 6) is -1.07. The van der Waals surface area contributed by atoms with Gasteiger partial charge in [0.25, 0.3) is 0 Å². The van der Waals surface area contributed by atoms with Crippen LogP contribution in [-0.2, 0) is 9.53 Å². The van der Waals surface area contributed by atoms with Crippen molar-refractivity contribution in [2.75, 3.05) is 0 Å². The van der Waals surface area contributed by atoms with E-state index >= 15 is 0 Å². The Kier molecular flexibility index (Phi) is 1.36. The van der Waals surface area contributed by atoms with Crippen molar-refractivity contribution in [2.24, 2.45) is 5.73 Å².